The quantitative estimate of drug-likeness (QED) is 0.265. The zero-order chi connectivity index (χ0) is 21.3. The number of rotatable bonds is 0. The molecule has 3 nitrogen and oxygen atoms in total. The van der Waals surface area contributed by atoms with Crippen molar-refractivity contribution in [3.8, 4) is 0 Å². The standard InChI is InChI=1S/C11H10.C9H7N.C8H6N2.CH4/c1-9-6-7-10-4-2-3-5-11(10)8-9;1-2-4-9-7-10-6-5-8(9)3-1;1-2-4-8-7(3-1)9-5-6-10-8;/h2-7H,1,8H2;1-7H;1-6H;1H4. The van der Waals surface area contributed by atoms with Crippen LogP contribution in [0, 0.1) is 0 Å². The molecule has 1 aliphatic carbocycles. The molecule has 1 aliphatic rings. The molecule has 32 heavy (non-hydrogen) atoms. The Morgan fingerprint density at radius 1 is 0.625 bits per heavy atom. The molecular formula is C29H27N3. The Hall–Kier alpha value is -4.11. The van der Waals surface area contributed by atoms with E-state index in [-0.39, 0.29) is 7.43 Å². The summed E-state index contributed by atoms with van der Waals surface area (Å²) in [6.45, 7) is 3.93. The van der Waals surface area contributed by atoms with Gasteiger partial charge in [0.15, 0.2) is 0 Å². The van der Waals surface area contributed by atoms with Crippen molar-refractivity contribution in [2.75, 3.05) is 0 Å². The predicted octanol–water partition coefficient (Wildman–Crippen LogP) is 7.31. The molecule has 0 radical (unpaired) electrons. The number of pyridine rings is 1. The highest BCUT2D eigenvalue weighted by molar-refractivity contribution is 5.81. The summed E-state index contributed by atoms with van der Waals surface area (Å²) in [7, 11) is 0. The molecule has 0 bridgehead atoms. The molecule has 0 spiro atoms. The van der Waals surface area contributed by atoms with E-state index < -0.39 is 0 Å². The summed E-state index contributed by atoms with van der Waals surface area (Å²) >= 11 is 0. The lowest BCUT2D eigenvalue weighted by Crippen LogP contribution is -1.94. The van der Waals surface area contributed by atoms with E-state index in [1.807, 2.05) is 54.9 Å². The fourth-order valence-electron chi connectivity index (χ4n) is 3.31. The zero-order valence-corrected chi connectivity index (χ0v) is 17.2. The van der Waals surface area contributed by atoms with Crippen LogP contribution in [0.3, 0.4) is 0 Å². The van der Waals surface area contributed by atoms with E-state index in [2.05, 4.69) is 70.1 Å². The maximum Gasteiger partial charge on any atom is 0.0886 e. The van der Waals surface area contributed by atoms with E-state index in [0.29, 0.717) is 0 Å². The Balaban J connectivity index is 0.000000134. The van der Waals surface area contributed by atoms with Crippen molar-refractivity contribution < 1.29 is 0 Å². The van der Waals surface area contributed by atoms with Crippen molar-refractivity contribution in [1.82, 2.24) is 15.0 Å². The van der Waals surface area contributed by atoms with Crippen molar-refractivity contribution in [2.45, 2.75) is 13.8 Å². The first kappa shape index (κ1) is 22.6. The van der Waals surface area contributed by atoms with E-state index in [1.165, 1.54) is 27.5 Å². The second-order valence-electron chi connectivity index (χ2n) is 7.14. The predicted molar refractivity (Wildman–Crippen MR) is 136 cm³/mol. The molecule has 3 aromatic carbocycles. The first-order chi connectivity index (χ1) is 15.3. The highest BCUT2D eigenvalue weighted by Crippen LogP contribution is 2.20. The number of allylic oxidation sites excluding steroid dienone is 2. The number of aromatic nitrogens is 3. The van der Waals surface area contributed by atoms with Gasteiger partial charge in [-0.2, -0.15) is 0 Å². The van der Waals surface area contributed by atoms with Crippen molar-refractivity contribution in [3.05, 3.63) is 133 Å². The van der Waals surface area contributed by atoms with Crippen LogP contribution in [0.2, 0.25) is 0 Å². The van der Waals surface area contributed by atoms with Gasteiger partial charge in [0.05, 0.1) is 11.0 Å². The van der Waals surface area contributed by atoms with Gasteiger partial charge in [-0.05, 0) is 46.5 Å². The van der Waals surface area contributed by atoms with Gasteiger partial charge in [0.2, 0.25) is 0 Å². The maximum absolute atomic E-state index is 4.12. The number of para-hydroxylation sites is 2. The maximum atomic E-state index is 4.12. The fourth-order valence-corrected chi connectivity index (χ4v) is 3.31. The number of nitrogens with zero attached hydrogens (tertiary/aromatic N) is 3. The van der Waals surface area contributed by atoms with E-state index in [4.69, 9.17) is 0 Å². The third-order valence-electron chi connectivity index (χ3n) is 4.90. The SMILES string of the molecule is C.C=C1C=Cc2ccccc2C1.c1ccc2cnccc2c1.c1ccc2nccnc2c1. The zero-order valence-electron chi connectivity index (χ0n) is 17.2. The Kier molecular flexibility index (Phi) is 7.99. The molecule has 0 N–H and O–H groups in total. The number of fused-ring (bicyclic) bond motifs is 3. The summed E-state index contributed by atoms with van der Waals surface area (Å²) in [6, 6.07) is 26.4. The van der Waals surface area contributed by atoms with E-state index in [9.17, 15) is 0 Å². The molecule has 6 rings (SSSR count). The summed E-state index contributed by atoms with van der Waals surface area (Å²) in [5.41, 5.74) is 5.82. The second-order valence-corrected chi connectivity index (χ2v) is 7.14. The average molecular weight is 418 g/mol. The molecule has 2 heterocycles. The highest BCUT2D eigenvalue weighted by atomic mass is 14.8. The lowest BCUT2D eigenvalue weighted by molar-refractivity contribution is 1.18. The minimum absolute atomic E-state index is 0. The minimum Gasteiger partial charge on any atom is -0.264 e. The Morgan fingerprint density at radius 3 is 1.97 bits per heavy atom. The third-order valence-corrected chi connectivity index (χ3v) is 4.90. The summed E-state index contributed by atoms with van der Waals surface area (Å²) in [6.07, 6.45) is 12.3. The lowest BCUT2D eigenvalue weighted by Gasteiger charge is -2.10. The Morgan fingerprint density at radius 2 is 1.25 bits per heavy atom. The van der Waals surface area contributed by atoms with Crippen molar-refractivity contribution >= 4 is 27.9 Å². The van der Waals surface area contributed by atoms with Gasteiger partial charge in [-0.1, -0.05) is 92.4 Å². The minimum atomic E-state index is 0. The van der Waals surface area contributed by atoms with E-state index in [1.54, 1.807) is 12.4 Å². The molecule has 5 aromatic rings. The van der Waals surface area contributed by atoms with E-state index in [0.717, 1.165) is 17.5 Å². The van der Waals surface area contributed by atoms with Crippen LogP contribution in [0.1, 0.15) is 18.6 Å². The third kappa shape index (κ3) is 5.96. The molecule has 0 atom stereocenters. The van der Waals surface area contributed by atoms with Crippen LogP contribution in [-0.2, 0) is 6.42 Å². The number of benzene rings is 3. The first-order valence-corrected chi connectivity index (χ1v) is 10.2. The van der Waals surface area contributed by atoms with Gasteiger partial charge in [-0.25, -0.2) is 0 Å². The Labute approximate surface area is 189 Å². The summed E-state index contributed by atoms with van der Waals surface area (Å²) in [5, 5.41) is 2.45. The van der Waals surface area contributed by atoms with Crippen LogP contribution >= 0.6 is 0 Å². The van der Waals surface area contributed by atoms with Crippen LogP contribution in [0.25, 0.3) is 27.9 Å². The highest BCUT2D eigenvalue weighted by Gasteiger charge is 2.03. The molecule has 158 valence electrons. The van der Waals surface area contributed by atoms with Crippen molar-refractivity contribution in [3.63, 3.8) is 0 Å². The molecule has 0 saturated carbocycles. The van der Waals surface area contributed by atoms with Crippen LogP contribution in [0.15, 0.2) is 122 Å². The topological polar surface area (TPSA) is 38.7 Å². The lowest BCUT2D eigenvalue weighted by atomic mass is 9.95. The molecular weight excluding hydrogens is 390 g/mol. The van der Waals surface area contributed by atoms with Gasteiger partial charge < -0.3 is 0 Å². The molecule has 0 aliphatic heterocycles. The number of hydrogen-bond acceptors (Lipinski definition) is 3. The van der Waals surface area contributed by atoms with E-state index >= 15 is 0 Å². The Bertz CT molecular complexity index is 1140. The van der Waals surface area contributed by atoms with Gasteiger partial charge in [0, 0.05) is 24.8 Å². The van der Waals surface area contributed by atoms with Gasteiger partial charge >= 0.3 is 0 Å². The van der Waals surface area contributed by atoms with Gasteiger partial charge in [-0.3, -0.25) is 15.0 Å². The molecule has 0 unspecified atom stereocenters. The monoisotopic (exact) mass is 417 g/mol. The van der Waals surface area contributed by atoms with Gasteiger partial charge in [0.25, 0.3) is 0 Å². The van der Waals surface area contributed by atoms with Gasteiger partial charge in [-0.15, -0.1) is 0 Å². The molecule has 3 heteroatoms. The molecule has 2 aromatic heterocycles. The summed E-state index contributed by atoms with van der Waals surface area (Å²) < 4.78 is 0. The van der Waals surface area contributed by atoms with Crippen molar-refractivity contribution in [2.24, 2.45) is 0 Å². The molecule has 0 amide bonds. The molecule has 0 fully saturated rings. The largest absolute Gasteiger partial charge is 0.264 e. The van der Waals surface area contributed by atoms with Gasteiger partial charge in [0.1, 0.15) is 0 Å². The van der Waals surface area contributed by atoms with Crippen LogP contribution in [-0.4, -0.2) is 15.0 Å². The van der Waals surface area contributed by atoms with Crippen LogP contribution in [0.4, 0.5) is 0 Å². The molecule has 0 saturated heterocycles. The normalized spacial score (nSPS) is 11.3. The fraction of sp³-hybridized carbons (Fsp3) is 0.0690. The summed E-state index contributed by atoms with van der Waals surface area (Å²) in [5.74, 6) is 0. The van der Waals surface area contributed by atoms with Crippen molar-refractivity contribution in [1.29, 1.82) is 0 Å². The van der Waals surface area contributed by atoms with Crippen LogP contribution in [0.5, 0.6) is 0 Å². The second kappa shape index (κ2) is 11.3. The average Bonchev–Trinajstić information content (AvgIpc) is 2.85. The first-order valence-electron chi connectivity index (χ1n) is 10.2. The smallest absolute Gasteiger partial charge is 0.0886 e. The summed E-state index contributed by atoms with van der Waals surface area (Å²) in [4.78, 5) is 12.3. The van der Waals surface area contributed by atoms with Crippen LogP contribution < -0.4 is 0 Å². The number of hydrogen-bond donors (Lipinski definition) is 0.